The van der Waals surface area contributed by atoms with Crippen molar-refractivity contribution in [1.82, 2.24) is 9.97 Å². The van der Waals surface area contributed by atoms with E-state index in [2.05, 4.69) is 9.97 Å². The highest BCUT2D eigenvalue weighted by atomic mass is 16.5. The Balaban J connectivity index is 2.52. The molecule has 2 aromatic rings. The third-order valence-electron chi connectivity index (χ3n) is 2.96. The maximum Gasteiger partial charge on any atom is 0.342 e. The van der Waals surface area contributed by atoms with Gasteiger partial charge in [0.2, 0.25) is 0 Å². The van der Waals surface area contributed by atoms with Gasteiger partial charge in [0.15, 0.2) is 5.78 Å². The van der Waals surface area contributed by atoms with E-state index < -0.39 is 5.97 Å². The number of Topliss-reactive ketones (excluding diaryl/α,β-unsaturated/α-hetero) is 1. The van der Waals surface area contributed by atoms with Crippen molar-refractivity contribution in [2.75, 3.05) is 7.11 Å². The molecule has 6 nitrogen and oxygen atoms in total. The van der Waals surface area contributed by atoms with Crippen LogP contribution in [0, 0.1) is 13.8 Å². The molecule has 0 unspecified atom stereocenters. The highest BCUT2D eigenvalue weighted by molar-refractivity contribution is 6.07. The molecule has 22 heavy (non-hydrogen) atoms. The first-order valence-electron chi connectivity index (χ1n) is 6.64. The molecule has 1 aromatic carbocycles. The number of aryl methyl sites for hydroxylation is 2. The van der Waals surface area contributed by atoms with E-state index in [1.165, 1.54) is 14.0 Å². The van der Waals surface area contributed by atoms with Gasteiger partial charge < -0.3 is 9.47 Å². The molecule has 0 atom stereocenters. The number of benzene rings is 1. The van der Waals surface area contributed by atoms with Crippen LogP contribution in [0.1, 0.15) is 39.0 Å². The van der Waals surface area contributed by atoms with Gasteiger partial charge in [0.1, 0.15) is 11.3 Å². The van der Waals surface area contributed by atoms with E-state index in [0.29, 0.717) is 0 Å². The number of esters is 1. The Morgan fingerprint density at radius 2 is 1.73 bits per heavy atom. The molecular weight excluding hydrogens is 284 g/mol. The van der Waals surface area contributed by atoms with Crippen molar-refractivity contribution in [3.63, 3.8) is 0 Å². The highest BCUT2D eigenvalue weighted by Crippen LogP contribution is 2.27. The molecule has 0 radical (unpaired) electrons. The normalized spacial score (nSPS) is 10.2. The van der Waals surface area contributed by atoms with Crippen LogP contribution in [0.15, 0.2) is 24.3 Å². The zero-order valence-corrected chi connectivity index (χ0v) is 12.8. The summed E-state index contributed by atoms with van der Waals surface area (Å²) in [6.45, 7) is 5.00. The van der Waals surface area contributed by atoms with Crippen LogP contribution in [0.3, 0.4) is 0 Å². The maximum absolute atomic E-state index is 12.0. The second-order valence-electron chi connectivity index (χ2n) is 4.76. The monoisotopic (exact) mass is 300 g/mol. The number of ether oxygens (including phenoxy) is 2. The van der Waals surface area contributed by atoms with Crippen molar-refractivity contribution in [2.24, 2.45) is 0 Å². The van der Waals surface area contributed by atoms with Gasteiger partial charge in [0, 0.05) is 17.0 Å². The highest BCUT2D eigenvalue weighted by Gasteiger charge is 2.21. The summed E-state index contributed by atoms with van der Waals surface area (Å²) in [5, 5.41) is 0. The molecule has 0 fully saturated rings. The van der Waals surface area contributed by atoms with E-state index >= 15 is 0 Å². The molecule has 114 valence electrons. The predicted molar refractivity (Wildman–Crippen MR) is 79.4 cm³/mol. The molecule has 6 heteroatoms. The summed E-state index contributed by atoms with van der Waals surface area (Å²) < 4.78 is 10.4. The molecule has 0 saturated carbocycles. The predicted octanol–water partition coefficient (Wildman–Crippen LogP) is 2.87. The minimum absolute atomic E-state index is 0.0697. The van der Waals surface area contributed by atoms with Crippen molar-refractivity contribution >= 4 is 11.8 Å². The molecule has 0 bridgehead atoms. The van der Waals surface area contributed by atoms with Crippen molar-refractivity contribution in [2.45, 2.75) is 20.8 Å². The number of carbonyl (C=O) groups excluding carboxylic acids is 2. The molecule has 0 N–H and O–H groups in total. The van der Waals surface area contributed by atoms with Crippen LogP contribution >= 0.6 is 0 Å². The van der Waals surface area contributed by atoms with Crippen LogP contribution < -0.4 is 4.74 Å². The van der Waals surface area contributed by atoms with Gasteiger partial charge in [-0.3, -0.25) is 4.79 Å². The van der Waals surface area contributed by atoms with E-state index in [4.69, 9.17) is 9.47 Å². The molecule has 2 rings (SSSR count). The Labute approximate surface area is 128 Å². The van der Waals surface area contributed by atoms with E-state index in [1.807, 2.05) is 13.8 Å². The standard InChI is InChI=1S/C16H16N2O4/c1-9-8-10(2)18-16(17-9)22-13-7-5-6-12(11(3)19)14(13)15(20)21-4/h5-8H,1-4H3. The summed E-state index contributed by atoms with van der Waals surface area (Å²) >= 11 is 0. The summed E-state index contributed by atoms with van der Waals surface area (Å²) in [6.07, 6.45) is 0. The van der Waals surface area contributed by atoms with E-state index in [-0.39, 0.29) is 28.7 Å². The molecule has 0 amide bonds. The number of rotatable bonds is 4. The summed E-state index contributed by atoms with van der Waals surface area (Å²) in [7, 11) is 1.25. The number of hydrogen-bond acceptors (Lipinski definition) is 6. The molecule has 0 aliphatic rings. The zero-order valence-electron chi connectivity index (χ0n) is 12.8. The number of hydrogen-bond donors (Lipinski definition) is 0. The fraction of sp³-hybridized carbons (Fsp3) is 0.250. The van der Waals surface area contributed by atoms with E-state index in [0.717, 1.165) is 11.4 Å². The molecular formula is C16H16N2O4. The van der Waals surface area contributed by atoms with Crippen molar-refractivity contribution < 1.29 is 19.1 Å². The smallest absolute Gasteiger partial charge is 0.342 e. The van der Waals surface area contributed by atoms with Crippen LogP contribution in [0.2, 0.25) is 0 Å². The maximum atomic E-state index is 12.0. The Hall–Kier alpha value is -2.76. The van der Waals surface area contributed by atoms with Gasteiger partial charge in [-0.1, -0.05) is 12.1 Å². The van der Waals surface area contributed by atoms with Crippen LogP contribution in [-0.4, -0.2) is 28.8 Å². The van der Waals surface area contributed by atoms with Crippen LogP contribution in [-0.2, 0) is 4.74 Å². The molecule has 0 aliphatic heterocycles. The zero-order chi connectivity index (χ0) is 16.3. The molecule has 1 aromatic heterocycles. The minimum atomic E-state index is -0.648. The summed E-state index contributed by atoms with van der Waals surface area (Å²) in [6, 6.07) is 6.66. The summed E-state index contributed by atoms with van der Waals surface area (Å²) in [4.78, 5) is 32.0. The summed E-state index contributed by atoms with van der Waals surface area (Å²) in [5.74, 6) is -0.720. The topological polar surface area (TPSA) is 78.4 Å². The number of nitrogens with zero attached hydrogens (tertiary/aromatic N) is 2. The van der Waals surface area contributed by atoms with Crippen molar-refractivity contribution in [3.05, 3.63) is 46.8 Å². The fourth-order valence-electron chi connectivity index (χ4n) is 2.06. The third kappa shape index (κ3) is 3.28. The Morgan fingerprint density at radius 3 is 2.27 bits per heavy atom. The van der Waals surface area contributed by atoms with Gasteiger partial charge in [0.25, 0.3) is 0 Å². The lowest BCUT2D eigenvalue weighted by molar-refractivity contribution is 0.0594. The van der Waals surface area contributed by atoms with Crippen LogP contribution in [0.4, 0.5) is 0 Å². The van der Waals surface area contributed by atoms with Crippen LogP contribution in [0.5, 0.6) is 11.8 Å². The first-order valence-corrected chi connectivity index (χ1v) is 6.64. The summed E-state index contributed by atoms with van der Waals surface area (Å²) in [5.41, 5.74) is 1.78. The first kappa shape index (κ1) is 15.6. The fourth-order valence-corrected chi connectivity index (χ4v) is 2.06. The second kappa shape index (κ2) is 6.34. The largest absolute Gasteiger partial charge is 0.465 e. The number of aromatic nitrogens is 2. The Bertz CT molecular complexity index is 721. The molecule has 1 heterocycles. The Kier molecular flexibility index (Phi) is 4.50. The lowest BCUT2D eigenvalue weighted by atomic mass is 10.0. The molecule has 0 aliphatic carbocycles. The van der Waals surface area contributed by atoms with Gasteiger partial charge in [-0.2, -0.15) is 0 Å². The van der Waals surface area contributed by atoms with Gasteiger partial charge in [-0.25, -0.2) is 14.8 Å². The lowest BCUT2D eigenvalue weighted by Crippen LogP contribution is -2.11. The third-order valence-corrected chi connectivity index (χ3v) is 2.96. The first-order chi connectivity index (χ1) is 10.4. The average molecular weight is 300 g/mol. The van der Waals surface area contributed by atoms with Gasteiger partial charge in [-0.15, -0.1) is 0 Å². The van der Waals surface area contributed by atoms with Crippen molar-refractivity contribution in [1.29, 1.82) is 0 Å². The molecule has 0 spiro atoms. The van der Waals surface area contributed by atoms with Crippen molar-refractivity contribution in [3.8, 4) is 11.8 Å². The van der Waals surface area contributed by atoms with Gasteiger partial charge in [-0.05, 0) is 32.9 Å². The Morgan fingerprint density at radius 1 is 1.09 bits per heavy atom. The SMILES string of the molecule is COC(=O)c1c(Oc2nc(C)cc(C)n2)cccc1C(C)=O. The van der Waals surface area contributed by atoms with Gasteiger partial charge >= 0.3 is 12.0 Å². The average Bonchev–Trinajstić information content (AvgIpc) is 2.45. The van der Waals surface area contributed by atoms with E-state index in [9.17, 15) is 9.59 Å². The number of methoxy groups -OCH3 is 1. The number of ketones is 1. The lowest BCUT2D eigenvalue weighted by Gasteiger charge is -2.12. The van der Waals surface area contributed by atoms with Gasteiger partial charge in [0.05, 0.1) is 7.11 Å². The number of carbonyl (C=O) groups is 2. The second-order valence-corrected chi connectivity index (χ2v) is 4.76. The quantitative estimate of drug-likeness (QED) is 0.638. The van der Waals surface area contributed by atoms with Crippen LogP contribution in [0.25, 0.3) is 0 Å². The molecule has 0 saturated heterocycles. The van der Waals surface area contributed by atoms with E-state index in [1.54, 1.807) is 24.3 Å². The minimum Gasteiger partial charge on any atom is -0.465 e.